The molecule has 0 radical (unpaired) electrons. The van der Waals surface area contributed by atoms with Crippen LogP contribution in [-0.4, -0.2) is 18.2 Å². The maximum Gasteiger partial charge on any atom is 0.264 e. The van der Waals surface area contributed by atoms with E-state index in [1.54, 1.807) is 0 Å². The average molecular weight is 282 g/mol. The number of halogens is 2. The lowest BCUT2D eigenvalue weighted by atomic mass is 10.7. The van der Waals surface area contributed by atoms with Gasteiger partial charge >= 0.3 is 0 Å². The minimum Gasteiger partial charge on any atom is -0.330 e. The van der Waals surface area contributed by atoms with E-state index in [1.165, 1.54) is 0 Å². The van der Waals surface area contributed by atoms with Gasteiger partial charge in [0.1, 0.15) is 0 Å². The molecule has 58 valence electrons. The van der Waals surface area contributed by atoms with Crippen LogP contribution in [0.2, 0.25) is 0 Å². The molecule has 0 saturated heterocycles. The zero-order valence-corrected chi connectivity index (χ0v) is 9.17. The van der Waals surface area contributed by atoms with Gasteiger partial charge in [0.05, 0.1) is 0 Å². The molecule has 0 amide bonds. The normalized spacial score (nSPS) is 6.44. The maximum atomic E-state index is 5.13. The molecule has 0 rings (SSSR count). The second kappa shape index (κ2) is 11.6. The van der Waals surface area contributed by atoms with Gasteiger partial charge in [0.25, 0.3) is 5.11 Å². The van der Waals surface area contributed by atoms with Crippen LogP contribution in [0.3, 0.4) is 0 Å². The number of nitrogens with one attached hydrogen (secondary N) is 1. The molecule has 0 aliphatic rings. The van der Waals surface area contributed by atoms with Crippen LogP contribution < -0.4 is 16.8 Å². The molecule has 0 saturated carbocycles. The Hall–Kier alpha value is 0.770. The molecule has 0 aromatic heterocycles. The first kappa shape index (κ1) is 16.4. The molecular formula is C3H12Br2N3S+. The van der Waals surface area contributed by atoms with Crippen molar-refractivity contribution >= 4 is 51.3 Å². The summed E-state index contributed by atoms with van der Waals surface area (Å²) in [5.74, 6) is 0. The van der Waals surface area contributed by atoms with Crippen LogP contribution in [-0.2, 0) is 0 Å². The Labute approximate surface area is 81.1 Å². The van der Waals surface area contributed by atoms with E-state index in [2.05, 4.69) is 23.3 Å². The highest BCUT2D eigenvalue weighted by Gasteiger charge is 1.83. The monoisotopic (exact) mass is 280 g/mol. The second-order valence-corrected chi connectivity index (χ2v) is 1.63. The Bertz CT molecular complexity index is 70.1. The maximum absolute atomic E-state index is 5.13. The molecule has 3 nitrogen and oxygen atoms in total. The van der Waals surface area contributed by atoms with Gasteiger partial charge in [0, 0.05) is 25.3 Å². The van der Waals surface area contributed by atoms with Crippen molar-refractivity contribution in [2.75, 3.05) is 13.1 Å². The predicted molar refractivity (Wildman–Crippen MR) is 53.2 cm³/mol. The van der Waals surface area contributed by atoms with Crippen molar-refractivity contribution in [2.45, 2.75) is 0 Å². The number of thiocarbonyl (C=S) groups is 1. The first-order valence-electron chi connectivity index (χ1n) is 2.07. The summed E-state index contributed by atoms with van der Waals surface area (Å²) in [5, 5.41) is 3.35. The van der Waals surface area contributed by atoms with E-state index in [0.29, 0.717) is 11.7 Å². The molecule has 0 atom stereocenters. The van der Waals surface area contributed by atoms with E-state index in [1.807, 2.05) is 0 Å². The molecule has 0 unspecified atom stereocenters. The van der Waals surface area contributed by atoms with Crippen molar-refractivity contribution in [3.8, 4) is 0 Å². The van der Waals surface area contributed by atoms with Gasteiger partial charge in [-0.15, -0.1) is 34.0 Å². The van der Waals surface area contributed by atoms with Crippen molar-refractivity contribution in [1.82, 2.24) is 5.32 Å². The van der Waals surface area contributed by atoms with Crippen molar-refractivity contribution < 1.29 is 5.73 Å². The molecule has 0 heterocycles. The Kier molecular flexibility index (Phi) is 21.0. The standard InChI is InChI=1S/C3H9N3S.2BrH/c4-1-2-6-3(5)7;;/h1-2,4H2,(H3,5,6,7);2*1H/p+1. The van der Waals surface area contributed by atoms with Crippen molar-refractivity contribution in [1.29, 1.82) is 0 Å². The summed E-state index contributed by atoms with van der Waals surface area (Å²) in [4.78, 5) is 0. The lowest BCUT2D eigenvalue weighted by Crippen LogP contribution is -2.63. The van der Waals surface area contributed by atoms with Crippen molar-refractivity contribution in [3.05, 3.63) is 0 Å². The summed E-state index contributed by atoms with van der Waals surface area (Å²) in [6.45, 7) is 1.33. The van der Waals surface area contributed by atoms with Crippen LogP contribution in [0.1, 0.15) is 0 Å². The Morgan fingerprint density at radius 2 is 2.00 bits per heavy atom. The van der Waals surface area contributed by atoms with Gasteiger partial charge in [-0.3, -0.25) is 0 Å². The number of quaternary nitrogens is 1. The Morgan fingerprint density at radius 3 is 2.11 bits per heavy atom. The highest BCUT2D eigenvalue weighted by Crippen LogP contribution is 1.50. The third kappa shape index (κ3) is 17.7. The van der Waals surface area contributed by atoms with Crippen LogP contribution in [0.5, 0.6) is 0 Å². The van der Waals surface area contributed by atoms with Crippen molar-refractivity contribution in [3.63, 3.8) is 0 Å². The van der Waals surface area contributed by atoms with Gasteiger partial charge in [-0.2, -0.15) is 0 Å². The van der Waals surface area contributed by atoms with Crippen LogP contribution in [0, 0.1) is 0 Å². The summed E-state index contributed by atoms with van der Waals surface area (Å²) in [6.07, 6.45) is 0. The number of hydrogen-bond acceptors (Lipinski definition) is 2. The average Bonchev–Trinajstić information content (AvgIpc) is 1.61. The first-order valence-corrected chi connectivity index (χ1v) is 2.48. The lowest BCUT2D eigenvalue weighted by Gasteiger charge is -1.93. The van der Waals surface area contributed by atoms with Crippen molar-refractivity contribution in [2.24, 2.45) is 5.73 Å². The van der Waals surface area contributed by atoms with Crippen LogP contribution in [0.15, 0.2) is 0 Å². The molecule has 0 aliphatic carbocycles. The SMILES string of the molecule is Br.Br.NCCNC([NH3+])=S. The highest BCUT2D eigenvalue weighted by molar-refractivity contribution is 8.93. The molecular weight excluding hydrogens is 270 g/mol. The van der Waals surface area contributed by atoms with Gasteiger partial charge in [-0.25, -0.2) is 0 Å². The van der Waals surface area contributed by atoms with E-state index in [9.17, 15) is 0 Å². The zero-order valence-electron chi connectivity index (χ0n) is 4.92. The minimum atomic E-state index is 0. The molecule has 0 spiro atoms. The van der Waals surface area contributed by atoms with Gasteiger partial charge < -0.3 is 16.8 Å². The van der Waals surface area contributed by atoms with E-state index in [0.717, 1.165) is 6.54 Å². The fraction of sp³-hybridized carbons (Fsp3) is 0.667. The third-order valence-electron chi connectivity index (χ3n) is 0.467. The Balaban J connectivity index is -0.000000180. The third-order valence-corrected chi connectivity index (χ3v) is 0.611. The summed E-state index contributed by atoms with van der Waals surface area (Å²) in [6, 6.07) is 0. The number of hydrogen-bond donors (Lipinski definition) is 3. The van der Waals surface area contributed by atoms with Gasteiger partial charge in [-0.05, 0) is 0 Å². The molecule has 0 aromatic carbocycles. The summed E-state index contributed by atoms with van der Waals surface area (Å²) < 4.78 is 0. The largest absolute Gasteiger partial charge is 0.330 e. The van der Waals surface area contributed by atoms with Gasteiger partial charge in [-0.1, -0.05) is 0 Å². The topological polar surface area (TPSA) is 65.7 Å². The highest BCUT2D eigenvalue weighted by atomic mass is 79.9. The molecule has 9 heavy (non-hydrogen) atoms. The first-order chi connectivity index (χ1) is 3.27. The number of rotatable bonds is 2. The molecule has 0 aromatic rings. The second-order valence-electron chi connectivity index (χ2n) is 1.14. The van der Waals surface area contributed by atoms with E-state index < -0.39 is 0 Å². The fourth-order valence-electron chi connectivity index (χ4n) is 0.212. The van der Waals surface area contributed by atoms with Crippen LogP contribution in [0.4, 0.5) is 0 Å². The molecule has 0 fully saturated rings. The van der Waals surface area contributed by atoms with E-state index in [4.69, 9.17) is 5.73 Å². The summed E-state index contributed by atoms with van der Waals surface area (Å²) >= 11 is 4.58. The quantitative estimate of drug-likeness (QED) is 0.582. The fourth-order valence-corrected chi connectivity index (χ4v) is 0.314. The summed E-state index contributed by atoms with van der Waals surface area (Å²) in [5.41, 5.74) is 8.57. The van der Waals surface area contributed by atoms with E-state index >= 15 is 0 Å². The molecule has 0 aliphatic heterocycles. The number of nitrogens with two attached hydrogens (primary N) is 1. The predicted octanol–water partition coefficient (Wildman–Crippen LogP) is -0.783. The Morgan fingerprint density at radius 1 is 1.56 bits per heavy atom. The van der Waals surface area contributed by atoms with E-state index in [-0.39, 0.29) is 34.0 Å². The minimum absolute atomic E-state index is 0. The zero-order chi connectivity index (χ0) is 5.70. The lowest BCUT2D eigenvalue weighted by molar-refractivity contribution is -0.215. The molecule has 6 N–H and O–H groups in total. The molecule has 6 heteroatoms. The summed E-state index contributed by atoms with van der Waals surface area (Å²) in [7, 11) is 0. The molecule has 0 bridgehead atoms. The van der Waals surface area contributed by atoms with Crippen LogP contribution in [0.25, 0.3) is 0 Å². The smallest absolute Gasteiger partial charge is 0.264 e. The van der Waals surface area contributed by atoms with Gasteiger partial charge in [0.15, 0.2) is 0 Å². The van der Waals surface area contributed by atoms with Crippen LogP contribution >= 0.6 is 46.2 Å². The van der Waals surface area contributed by atoms with Gasteiger partial charge in [0.2, 0.25) is 0 Å².